The molecular formula is C10H13NO. The first-order chi connectivity index (χ1) is 5.74. The van der Waals surface area contributed by atoms with Gasteiger partial charge in [-0.3, -0.25) is 4.79 Å². The zero-order valence-corrected chi connectivity index (χ0v) is 7.21. The molecular weight excluding hydrogens is 150 g/mol. The number of rotatable bonds is 2. The zero-order chi connectivity index (χ0) is 8.97. The van der Waals surface area contributed by atoms with Gasteiger partial charge in [-0.1, -0.05) is 30.7 Å². The van der Waals surface area contributed by atoms with Gasteiger partial charge in [-0.2, -0.15) is 0 Å². The number of amides is 1. The van der Waals surface area contributed by atoms with Gasteiger partial charge in [-0.05, 0) is 18.9 Å². The predicted molar refractivity (Wildman–Crippen MR) is 49.4 cm³/mol. The van der Waals surface area contributed by atoms with E-state index in [4.69, 9.17) is 5.73 Å². The van der Waals surface area contributed by atoms with Gasteiger partial charge < -0.3 is 5.73 Å². The lowest BCUT2D eigenvalue weighted by atomic mass is 10.1. The Morgan fingerprint density at radius 2 is 2.42 bits per heavy atom. The highest BCUT2D eigenvalue weighted by atomic mass is 16.1. The first-order valence-electron chi connectivity index (χ1n) is 4.10. The summed E-state index contributed by atoms with van der Waals surface area (Å²) in [5.74, 6) is -0.350. The van der Waals surface area contributed by atoms with Gasteiger partial charge in [0.25, 0.3) is 0 Å². The fourth-order valence-electron chi connectivity index (χ4n) is 1.11. The summed E-state index contributed by atoms with van der Waals surface area (Å²) in [5.41, 5.74) is 7.07. The SMILES string of the molecule is CCC1=CC=CC(C(N)=O)=CC1. The number of hydrogen-bond acceptors (Lipinski definition) is 1. The van der Waals surface area contributed by atoms with E-state index in [1.54, 1.807) is 6.08 Å². The lowest BCUT2D eigenvalue weighted by Gasteiger charge is -1.96. The summed E-state index contributed by atoms with van der Waals surface area (Å²) in [6.45, 7) is 2.10. The lowest BCUT2D eigenvalue weighted by molar-refractivity contribution is -0.114. The molecule has 2 nitrogen and oxygen atoms in total. The van der Waals surface area contributed by atoms with Crippen LogP contribution in [0.2, 0.25) is 0 Å². The second kappa shape index (κ2) is 3.90. The molecule has 0 unspecified atom stereocenters. The minimum atomic E-state index is -0.350. The second-order valence-corrected chi connectivity index (χ2v) is 2.77. The second-order valence-electron chi connectivity index (χ2n) is 2.77. The average molecular weight is 163 g/mol. The van der Waals surface area contributed by atoms with E-state index < -0.39 is 0 Å². The Morgan fingerprint density at radius 3 is 3.00 bits per heavy atom. The monoisotopic (exact) mass is 163 g/mol. The number of carbonyl (C=O) groups is 1. The van der Waals surface area contributed by atoms with Crippen molar-refractivity contribution in [3.05, 3.63) is 35.5 Å². The largest absolute Gasteiger partial charge is 0.366 e. The first-order valence-corrected chi connectivity index (χ1v) is 4.10. The van der Waals surface area contributed by atoms with Crippen molar-refractivity contribution in [2.45, 2.75) is 19.8 Å². The van der Waals surface area contributed by atoms with Crippen molar-refractivity contribution in [3.63, 3.8) is 0 Å². The van der Waals surface area contributed by atoms with Crippen molar-refractivity contribution in [1.82, 2.24) is 0 Å². The Balaban J connectivity index is 2.77. The van der Waals surface area contributed by atoms with Crippen LogP contribution < -0.4 is 5.73 Å². The van der Waals surface area contributed by atoms with Crippen LogP contribution in [0.4, 0.5) is 0 Å². The summed E-state index contributed by atoms with van der Waals surface area (Å²) in [5, 5.41) is 0. The Hall–Kier alpha value is -1.31. The van der Waals surface area contributed by atoms with Crippen molar-refractivity contribution in [3.8, 4) is 0 Å². The Morgan fingerprint density at radius 1 is 1.67 bits per heavy atom. The van der Waals surface area contributed by atoms with Crippen LogP contribution in [0.25, 0.3) is 0 Å². The van der Waals surface area contributed by atoms with Gasteiger partial charge in [0.1, 0.15) is 0 Å². The summed E-state index contributed by atoms with van der Waals surface area (Å²) >= 11 is 0. The minimum Gasteiger partial charge on any atom is -0.366 e. The molecule has 0 aromatic rings. The highest BCUT2D eigenvalue weighted by Crippen LogP contribution is 2.13. The van der Waals surface area contributed by atoms with Gasteiger partial charge in [0, 0.05) is 5.57 Å². The Bertz CT molecular complexity index is 272. The molecule has 0 saturated heterocycles. The smallest absolute Gasteiger partial charge is 0.248 e. The van der Waals surface area contributed by atoms with Gasteiger partial charge >= 0.3 is 0 Å². The molecule has 0 atom stereocenters. The number of primary amides is 1. The van der Waals surface area contributed by atoms with Gasteiger partial charge in [-0.25, -0.2) is 0 Å². The van der Waals surface area contributed by atoms with Crippen LogP contribution in [-0.2, 0) is 4.79 Å². The van der Waals surface area contributed by atoms with Crippen LogP contribution in [0, 0.1) is 0 Å². The predicted octanol–water partition coefficient (Wildman–Crippen LogP) is 1.69. The lowest BCUT2D eigenvalue weighted by Crippen LogP contribution is -2.12. The van der Waals surface area contributed by atoms with Crippen molar-refractivity contribution in [1.29, 1.82) is 0 Å². The maximum absolute atomic E-state index is 10.8. The Labute approximate surface area is 72.5 Å². The Kier molecular flexibility index (Phi) is 2.86. The molecule has 0 spiro atoms. The van der Waals surface area contributed by atoms with Crippen LogP contribution in [0.1, 0.15) is 19.8 Å². The molecule has 1 aliphatic rings. The summed E-state index contributed by atoms with van der Waals surface area (Å²) in [6, 6.07) is 0. The first kappa shape index (κ1) is 8.78. The van der Waals surface area contributed by atoms with Crippen molar-refractivity contribution in [2.24, 2.45) is 5.73 Å². The molecule has 0 saturated carbocycles. The summed E-state index contributed by atoms with van der Waals surface area (Å²) < 4.78 is 0. The molecule has 2 N–H and O–H groups in total. The fraction of sp³-hybridized carbons (Fsp3) is 0.300. The molecule has 2 heteroatoms. The van der Waals surface area contributed by atoms with E-state index in [9.17, 15) is 4.79 Å². The van der Waals surface area contributed by atoms with Crippen LogP contribution >= 0.6 is 0 Å². The number of carbonyl (C=O) groups excluding carboxylic acids is 1. The van der Waals surface area contributed by atoms with Gasteiger partial charge in [0.2, 0.25) is 5.91 Å². The van der Waals surface area contributed by atoms with Crippen LogP contribution in [0.3, 0.4) is 0 Å². The molecule has 0 heterocycles. The summed E-state index contributed by atoms with van der Waals surface area (Å²) in [6.07, 6.45) is 9.40. The van der Waals surface area contributed by atoms with E-state index in [0.717, 1.165) is 12.8 Å². The van der Waals surface area contributed by atoms with Crippen LogP contribution in [0.15, 0.2) is 35.5 Å². The summed E-state index contributed by atoms with van der Waals surface area (Å²) in [4.78, 5) is 10.8. The van der Waals surface area contributed by atoms with Gasteiger partial charge in [0.05, 0.1) is 0 Å². The van der Waals surface area contributed by atoms with Crippen molar-refractivity contribution < 1.29 is 4.79 Å². The van der Waals surface area contributed by atoms with E-state index in [1.807, 2.05) is 18.2 Å². The quantitative estimate of drug-likeness (QED) is 0.661. The molecule has 0 radical (unpaired) electrons. The molecule has 1 aliphatic carbocycles. The fourth-order valence-corrected chi connectivity index (χ4v) is 1.11. The molecule has 1 rings (SSSR count). The number of hydrogen-bond donors (Lipinski definition) is 1. The standard InChI is InChI=1S/C10H13NO/c1-2-8-4-3-5-9(7-6-8)10(11)12/h3-5,7H,2,6H2,1H3,(H2,11,12). The highest BCUT2D eigenvalue weighted by molar-refractivity contribution is 5.94. The maximum atomic E-state index is 10.8. The minimum absolute atomic E-state index is 0.350. The third-order valence-electron chi connectivity index (χ3n) is 1.93. The maximum Gasteiger partial charge on any atom is 0.248 e. The third kappa shape index (κ3) is 2.09. The average Bonchev–Trinajstić information content (AvgIpc) is 2.28. The number of allylic oxidation sites excluding steroid dienone is 4. The topological polar surface area (TPSA) is 43.1 Å². The van der Waals surface area contributed by atoms with Crippen molar-refractivity contribution in [2.75, 3.05) is 0 Å². The molecule has 12 heavy (non-hydrogen) atoms. The molecule has 0 aliphatic heterocycles. The number of nitrogens with two attached hydrogens (primary N) is 1. The molecule has 1 amide bonds. The van der Waals surface area contributed by atoms with E-state index in [0.29, 0.717) is 5.57 Å². The normalized spacial score (nSPS) is 16.4. The van der Waals surface area contributed by atoms with Crippen molar-refractivity contribution >= 4 is 5.91 Å². The van der Waals surface area contributed by atoms with E-state index in [2.05, 4.69) is 6.92 Å². The van der Waals surface area contributed by atoms with Crippen LogP contribution in [0.5, 0.6) is 0 Å². The molecule has 0 bridgehead atoms. The zero-order valence-electron chi connectivity index (χ0n) is 7.21. The van der Waals surface area contributed by atoms with Gasteiger partial charge in [0.15, 0.2) is 0 Å². The molecule has 0 aromatic carbocycles. The molecule has 64 valence electrons. The van der Waals surface area contributed by atoms with E-state index in [1.165, 1.54) is 5.57 Å². The highest BCUT2D eigenvalue weighted by Gasteiger charge is 2.02. The van der Waals surface area contributed by atoms with Gasteiger partial charge in [-0.15, -0.1) is 0 Å². The summed E-state index contributed by atoms with van der Waals surface area (Å²) in [7, 11) is 0. The van der Waals surface area contributed by atoms with E-state index in [-0.39, 0.29) is 5.91 Å². The third-order valence-corrected chi connectivity index (χ3v) is 1.93. The van der Waals surface area contributed by atoms with E-state index >= 15 is 0 Å². The van der Waals surface area contributed by atoms with Crippen LogP contribution in [-0.4, -0.2) is 5.91 Å². The molecule has 0 fully saturated rings. The molecule has 0 aromatic heterocycles.